The summed E-state index contributed by atoms with van der Waals surface area (Å²) in [6.45, 7) is 4.20. The van der Waals surface area contributed by atoms with E-state index in [1.54, 1.807) is 25.1 Å². The second kappa shape index (κ2) is 5.27. The van der Waals surface area contributed by atoms with Gasteiger partial charge in [0.05, 0.1) is 6.61 Å². The predicted octanol–water partition coefficient (Wildman–Crippen LogP) is 2.40. The number of hydrogen-bond donors (Lipinski definition) is 0. The molecule has 0 aliphatic rings. The Morgan fingerprint density at radius 3 is 2.43 bits per heavy atom. The van der Waals surface area contributed by atoms with E-state index in [0.717, 1.165) is 0 Å². The SMILES string of the molecule is CCOc1ccccc1OC(=O)CC. The molecule has 0 spiro atoms. The molecule has 0 bridgehead atoms. The van der Waals surface area contributed by atoms with Gasteiger partial charge in [-0.2, -0.15) is 0 Å². The molecule has 3 heteroatoms. The molecule has 76 valence electrons. The van der Waals surface area contributed by atoms with Crippen LogP contribution < -0.4 is 9.47 Å². The van der Waals surface area contributed by atoms with E-state index in [2.05, 4.69) is 0 Å². The Balaban J connectivity index is 2.78. The zero-order chi connectivity index (χ0) is 10.4. The van der Waals surface area contributed by atoms with Crippen molar-refractivity contribution < 1.29 is 14.3 Å². The molecule has 0 unspecified atom stereocenters. The van der Waals surface area contributed by atoms with Crippen LogP contribution in [0.15, 0.2) is 24.3 Å². The maximum atomic E-state index is 11.1. The van der Waals surface area contributed by atoms with Crippen LogP contribution in [0, 0.1) is 0 Å². The van der Waals surface area contributed by atoms with Crippen molar-refractivity contribution >= 4 is 5.97 Å². The van der Waals surface area contributed by atoms with Crippen LogP contribution in [-0.2, 0) is 4.79 Å². The van der Waals surface area contributed by atoms with Gasteiger partial charge in [0.1, 0.15) is 0 Å². The third-order valence-electron chi connectivity index (χ3n) is 1.66. The summed E-state index contributed by atoms with van der Waals surface area (Å²) in [6.07, 6.45) is 0.362. The van der Waals surface area contributed by atoms with Crippen LogP contribution in [0.25, 0.3) is 0 Å². The third-order valence-corrected chi connectivity index (χ3v) is 1.66. The number of para-hydroxylation sites is 2. The molecule has 0 saturated heterocycles. The zero-order valence-electron chi connectivity index (χ0n) is 8.45. The highest BCUT2D eigenvalue weighted by atomic mass is 16.6. The Kier molecular flexibility index (Phi) is 3.98. The minimum atomic E-state index is -0.253. The Morgan fingerprint density at radius 1 is 1.21 bits per heavy atom. The van der Waals surface area contributed by atoms with Gasteiger partial charge in [-0.1, -0.05) is 19.1 Å². The Bertz CT molecular complexity index is 307. The lowest BCUT2D eigenvalue weighted by molar-refractivity contribution is -0.134. The van der Waals surface area contributed by atoms with E-state index in [-0.39, 0.29) is 5.97 Å². The first-order valence-electron chi connectivity index (χ1n) is 4.70. The van der Waals surface area contributed by atoms with E-state index in [9.17, 15) is 4.79 Å². The van der Waals surface area contributed by atoms with Gasteiger partial charge >= 0.3 is 5.97 Å². The molecule has 0 N–H and O–H groups in total. The fourth-order valence-corrected chi connectivity index (χ4v) is 1.00. The normalized spacial score (nSPS) is 9.57. The highest BCUT2D eigenvalue weighted by Crippen LogP contribution is 2.26. The van der Waals surface area contributed by atoms with Crippen LogP contribution in [0.3, 0.4) is 0 Å². The average molecular weight is 194 g/mol. The van der Waals surface area contributed by atoms with E-state index in [4.69, 9.17) is 9.47 Å². The summed E-state index contributed by atoms with van der Waals surface area (Å²) < 4.78 is 10.4. The van der Waals surface area contributed by atoms with Gasteiger partial charge in [0.15, 0.2) is 11.5 Å². The van der Waals surface area contributed by atoms with Gasteiger partial charge in [0.25, 0.3) is 0 Å². The summed E-state index contributed by atoms with van der Waals surface area (Å²) in [5, 5.41) is 0. The zero-order valence-corrected chi connectivity index (χ0v) is 8.45. The summed E-state index contributed by atoms with van der Waals surface area (Å²) in [5.74, 6) is 0.843. The first kappa shape index (κ1) is 10.6. The lowest BCUT2D eigenvalue weighted by atomic mass is 10.3. The second-order valence-electron chi connectivity index (χ2n) is 2.71. The summed E-state index contributed by atoms with van der Waals surface area (Å²) in [4.78, 5) is 11.1. The molecule has 1 aromatic rings. The van der Waals surface area contributed by atoms with Crippen molar-refractivity contribution in [2.45, 2.75) is 20.3 Å². The van der Waals surface area contributed by atoms with E-state index >= 15 is 0 Å². The van der Waals surface area contributed by atoms with Gasteiger partial charge in [-0.3, -0.25) is 4.79 Å². The predicted molar refractivity (Wildman–Crippen MR) is 53.5 cm³/mol. The Hall–Kier alpha value is -1.51. The molecule has 0 atom stereocenters. The van der Waals surface area contributed by atoms with Gasteiger partial charge in [0, 0.05) is 6.42 Å². The molecule has 3 nitrogen and oxygen atoms in total. The number of esters is 1. The highest BCUT2D eigenvalue weighted by Gasteiger charge is 2.06. The Labute approximate surface area is 83.6 Å². The minimum absolute atomic E-state index is 0.253. The average Bonchev–Trinajstić information content (AvgIpc) is 2.21. The standard InChI is InChI=1S/C11H14O3/c1-3-11(12)14-10-8-6-5-7-9(10)13-4-2/h5-8H,3-4H2,1-2H3. The lowest BCUT2D eigenvalue weighted by Crippen LogP contribution is -2.07. The summed E-state index contributed by atoms with van der Waals surface area (Å²) in [7, 11) is 0. The molecule has 0 saturated carbocycles. The van der Waals surface area contributed by atoms with Crippen LogP contribution in [0.5, 0.6) is 11.5 Å². The van der Waals surface area contributed by atoms with Crippen LogP contribution in [-0.4, -0.2) is 12.6 Å². The number of ether oxygens (including phenoxy) is 2. The van der Waals surface area contributed by atoms with Crippen molar-refractivity contribution in [2.75, 3.05) is 6.61 Å². The largest absolute Gasteiger partial charge is 0.490 e. The number of hydrogen-bond acceptors (Lipinski definition) is 3. The van der Waals surface area contributed by atoms with Crippen LogP contribution in [0.2, 0.25) is 0 Å². The van der Waals surface area contributed by atoms with Gasteiger partial charge in [0.2, 0.25) is 0 Å². The minimum Gasteiger partial charge on any atom is -0.490 e. The first-order valence-corrected chi connectivity index (χ1v) is 4.70. The second-order valence-corrected chi connectivity index (χ2v) is 2.71. The van der Waals surface area contributed by atoms with Crippen molar-refractivity contribution in [3.63, 3.8) is 0 Å². The summed E-state index contributed by atoms with van der Waals surface area (Å²) in [5.41, 5.74) is 0. The molecule has 0 aliphatic carbocycles. The molecule has 1 aromatic carbocycles. The molecule has 14 heavy (non-hydrogen) atoms. The van der Waals surface area contributed by atoms with Gasteiger partial charge in [-0.25, -0.2) is 0 Å². The van der Waals surface area contributed by atoms with Crippen LogP contribution in [0.1, 0.15) is 20.3 Å². The quantitative estimate of drug-likeness (QED) is 0.545. The van der Waals surface area contributed by atoms with Gasteiger partial charge in [-0.05, 0) is 19.1 Å². The third kappa shape index (κ3) is 2.76. The van der Waals surface area contributed by atoms with E-state index in [1.807, 2.05) is 13.0 Å². The highest BCUT2D eigenvalue weighted by molar-refractivity contribution is 5.72. The monoisotopic (exact) mass is 194 g/mol. The maximum absolute atomic E-state index is 11.1. The van der Waals surface area contributed by atoms with Gasteiger partial charge in [-0.15, -0.1) is 0 Å². The molecular weight excluding hydrogens is 180 g/mol. The van der Waals surface area contributed by atoms with Gasteiger partial charge < -0.3 is 9.47 Å². The first-order chi connectivity index (χ1) is 6.77. The number of rotatable bonds is 4. The topological polar surface area (TPSA) is 35.5 Å². The van der Waals surface area contributed by atoms with Crippen molar-refractivity contribution in [1.82, 2.24) is 0 Å². The molecular formula is C11H14O3. The smallest absolute Gasteiger partial charge is 0.311 e. The van der Waals surface area contributed by atoms with E-state index < -0.39 is 0 Å². The van der Waals surface area contributed by atoms with Crippen LogP contribution in [0.4, 0.5) is 0 Å². The molecule has 0 aliphatic heterocycles. The maximum Gasteiger partial charge on any atom is 0.311 e. The lowest BCUT2D eigenvalue weighted by Gasteiger charge is -2.08. The molecule has 0 amide bonds. The van der Waals surface area contributed by atoms with E-state index in [1.165, 1.54) is 0 Å². The summed E-state index contributed by atoms with van der Waals surface area (Å²) >= 11 is 0. The van der Waals surface area contributed by atoms with Crippen LogP contribution >= 0.6 is 0 Å². The molecule has 0 heterocycles. The van der Waals surface area contributed by atoms with Crippen molar-refractivity contribution in [3.8, 4) is 11.5 Å². The molecule has 0 aromatic heterocycles. The van der Waals surface area contributed by atoms with Crippen molar-refractivity contribution in [2.24, 2.45) is 0 Å². The number of benzene rings is 1. The van der Waals surface area contributed by atoms with Crippen molar-refractivity contribution in [1.29, 1.82) is 0 Å². The fourth-order valence-electron chi connectivity index (χ4n) is 1.00. The molecule has 1 rings (SSSR count). The number of carbonyl (C=O) groups is 1. The van der Waals surface area contributed by atoms with E-state index in [0.29, 0.717) is 24.5 Å². The fraction of sp³-hybridized carbons (Fsp3) is 0.364. The number of carbonyl (C=O) groups excluding carboxylic acids is 1. The van der Waals surface area contributed by atoms with Crippen molar-refractivity contribution in [3.05, 3.63) is 24.3 Å². The summed E-state index contributed by atoms with van der Waals surface area (Å²) in [6, 6.07) is 7.15. The Morgan fingerprint density at radius 2 is 1.86 bits per heavy atom. The molecule has 0 radical (unpaired) electrons. The molecule has 0 fully saturated rings.